The highest BCUT2D eigenvalue weighted by Gasteiger charge is 2.23. The van der Waals surface area contributed by atoms with Crippen LogP contribution in [0.25, 0.3) is 0 Å². The molecule has 0 spiro atoms. The molecule has 20 heavy (non-hydrogen) atoms. The molecule has 0 radical (unpaired) electrons. The first-order valence-electron chi connectivity index (χ1n) is 7.34. The van der Waals surface area contributed by atoms with Gasteiger partial charge in [0.15, 0.2) is 5.16 Å². The van der Waals surface area contributed by atoms with Gasteiger partial charge in [-0.25, -0.2) is 9.97 Å². The number of nitrogens with zero attached hydrogens (tertiary/aromatic N) is 2. The Morgan fingerprint density at radius 3 is 2.75 bits per heavy atom. The Morgan fingerprint density at radius 2 is 2.05 bits per heavy atom. The summed E-state index contributed by atoms with van der Waals surface area (Å²) >= 11 is 1.53. The molecule has 1 fully saturated rings. The van der Waals surface area contributed by atoms with Crippen molar-refractivity contribution in [3.05, 3.63) is 6.07 Å². The van der Waals surface area contributed by atoms with Gasteiger partial charge in [-0.05, 0) is 25.5 Å². The molecule has 1 aliphatic carbocycles. The molecule has 2 atom stereocenters. The Morgan fingerprint density at radius 1 is 1.30 bits per heavy atom. The van der Waals surface area contributed by atoms with Crippen LogP contribution in [0.4, 0.5) is 11.6 Å². The quantitative estimate of drug-likeness (QED) is 0.554. The average molecular weight is 296 g/mol. The van der Waals surface area contributed by atoms with Crippen LogP contribution in [-0.4, -0.2) is 40.0 Å². The van der Waals surface area contributed by atoms with Crippen LogP contribution >= 0.6 is 11.8 Å². The van der Waals surface area contributed by atoms with E-state index in [9.17, 15) is 5.11 Å². The SMILES string of the molecule is CCCNc1cc(NC2CCCCC2O)nc(SC)n1. The normalized spacial score (nSPS) is 22.6. The maximum Gasteiger partial charge on any atom is 0.191 e. The predicted octanol–water partition coefficient (Wildman–Crippen LogP) is 2.74. The highest BCUT2D eigenvalue weighted by Crippen LogP contribution is 2.23. The third-order valence-corrected chi connectivity index (χ3v) is 4.05. The summed E-state index contributed by atoms with van der Waals surface area (Å²) in [6.07, 6.45) is 6.90. The maximum atomic E-state index is 10.0. The number of aliphatic hydroxyl groups excluding tert-OH is 1. The van der Waals surface area contributed by atoms with Gasteiger partial charge in [0.2, 0.25) is 0 Å². The van der Waals surface area contributed by atoms with Crippen molar-refractivity contribution in [3.8, 4) is 0 Å². The van der Waals surface area contributed by atoms with E-state index >= 15 is 0 Å². The minimum Gasteiger partial charge on any atom is -0.391 e. The van der Waals surface area contributed by atoms with Gasteiger partial charge in [0.1, 0.15) is 11.6 Å². The fourth-order valence-electron chi connectivity index (χ4n) is 2.40. The van der Waals surface area contributed by atoms with Crippen molar-refractivity contribution < 1.29 is 5.11 Å². The molecular formula is C14H24N4OS. The molecule has 1 heterocycles. The van der Waals surface area contributed by atoms with Gasteiger partial charge >= 0.3 is 0 Å². The summed E-state index contributed by atoms with van der Waals surface area (Å²) in [4.78, 5) is 8.92. The van der Waals surface area contributed by atoms with Gasteiger partial charge in [0.05, 0.1) is 12.1 Å². The van der Waals surface area contributed by atoms with E-state index < -0.39 is 0 Å². The molecule has 1 aromatic rings. The monoisotopic (exact) mass is 296 g/mol. The van der Waals surface area contributed by atoms with Gasteiger partial charge in [-0.3, -0.25) is 0 Å². The Balaban J connectivity index is 2.08. The van der Waals surface area contributed by atoms with E-state index in [1.165, 1.54) is 11.8 Å². The number of hydrogen-bond acceptors (Lipinski definition) is 6. The second-order valence-electron chi connectivity index (χ2n) is 5.15. The van der Waals surface area contributed by atoms with Crippen molar-refractivity contribution in [3.63, 3.8) is 0 Å². The molecule has 0 bridgehead atoms. The van der Waals surface area contributed by atoms with Crippen molar-refractivity contribution in [2.24, 2.45) is 0 Å². The minimum atomic E-state index is -0.275. The third kappa shape index (κ3) is 4.24. The highest BCUT2D eigenvalue weighted by molar-refractivity contribution is 7.98. The van der Waals surface area contributed by atoms with E-state index in [1.807, 2.05) is 12.3 Å². The maximum absolute atomic E-state index is 10.0. The van der Waals surface area contributed by atoms with Gasteiger partial charge in [-0.2, -0.15) is 0 Å². The highest BCUT2D eigenvalue weighted by atomic mass is 32.2. The molecular weight excluding hydrogens is 272 g/mol. The fourth-order valence-corrected chi connectivity index (χ4v) is 2.78. The van der Waals surface area contributed by atoms with E-state index in [4.69, 9.17) is 0 Å². The van der Waals surface area contributed by atoms with E-state index in [1.54, 1.807) is 0 Å². The molecule has 1 saturated carbocycles. The first-order valence-corrected chi connectivity index (χ1v) is 8.57. The third-order valence-electron chi connectivity index (χ3n) is 3.51. The van der Waals surface area contributed by atoms with Crippen LogP contribution in [0.15, 0.2) is 11.2 Å². The van der Waals surface area contributed by atoms with Crippen molar-refractivity contribution >= 4 is 23.4 Å². The zero-order valence-electron chi connectivity index (χ0n) is 12.2. The summed E-state index contributed by atoms with van der Waals surface area (Å²) in [5, 5.41) is 17.4. The topological polar surface area (TPSA) is 70.1 Å². The van der Waals surface area contributed by atoms with Crippen LogP contribution in [0.5, 0.6) is 0 Å². The minimum absolute atomic E-state index is 0.104. The van der Waals surface area contributed by atoms with E-state index in [-0.39, 0.29) is 12.1 Å². The Hall–Kier alpha value is -1.01. The molecule has 0 saturated heterocycles. The largest absolute Gasteiger partial charge is 0.391 e. The number of rotatable bonds is 6. The lowest BCUT2D eigenvalue weighted by Gasteiger charge is -2.28. The summed E-state index contributed by atoms with van der Waals surface area (Å²) in [7, 11) is 0. The van der Waals surface area contributed by atoms with E-state index in [0.29, 0.717) is 0 Å². The molecule has 0 aliphatic heterocycles. The summed E-state index contributed by atoms with van der Waals surface area (Å²) in [5.41, 5.74) is 0. The first-order chi connectivity index (χ1) is 9.72. The zero-order chi connectivity index (χ0) is 14.4. The standard InChI is InChI=1S/C14H24N4OS/c1-3-8-15-12-9-13(18-14(17-12)20-2)16-10-6-4-5-7-11(10)19/h9-11,19H,3-8H2,1-2H3,(H2,15,16,17,18). The van der Waals surface area contributed by atoms with Crippen molar-refractivity contribution in [2.75, 3.05) is 23.4 Å². The smallest absolute Gasteiger partial charge is 0.191 e. The summed E-state index contributed by atoms with van der Waals surface area (Å²) in [6, 6.07) is 2.03. The molecule has 1 aliphatic rings. The number of nitrogens with one attached hydrogen (secondary N) is 2. The zero-order valence-corrected chi connectivity index (χ0v) is 13.0. The summed E-state index contributed by atoms with van der Waals surface area (Å²) in [5.74, 6) is 1.65. The molecule has 5 nitrogen and oxygen atoms in total. The van der Waals surface area contributed by atoms with E-state index in [2.05, 4.69) is 27.5 Å². The summed E-state index contributed by atoms with van der Waals surface area (Å²) in [6.45, 7) is 3.03. The number of aliphatic hydroxyl groups is 1. The fraction of sp³-hybridized carbons (Fsp3) is 0.714. The second-order valence-corrected chi connectivity index (χ2v) is 5.93. The predicted molar refractivity (Wildman–Crippen MR) is 84.5 cm³/mol. The van der Waals surface area contributed by atoms with Crippen molar-refractivity contribution in [1.29, 1.82) is 0 Å². The van der Waals surface area contributed by atoms with Crippen LogP contribution in [0.1, 0.15) is 39.0 Å². The van der Waals surface area contributed by atoms with Crippen LogP contribution in [0.3, 0.4) is 0 Å². The molecule has 2 rings (SSSR count). The number of hydrogen-bond donors (Lipinski definition) is 3. The first kappa shape index (κ1) is 15.4. The Kier molecular flexibility index (Phi) is 5.91. The molecule has 112 valence electrons. The lowest BCUT2D eigenvalue weighted by Crippen LogP contribution is -2.36. The van der Waals surface area contributed by atoms with Gasteiger partial charge < -0.3 is 15.7 Å². The molecule has 3 N–H and O–H groups in total. The van der Waals surface area contributed by atoms with E-state index in [0.717, 1.165) is 55.4 Å². The molecule has 1 aromatic heterocycles. The van der Waals surface area contributed by atoms with Crippen molar-refractivity contribution in [2.45, 2.75) is 56.3 Å². The van der Waals surface area contributed by atoms with Crippen LogP contribution in [-0.2, 0) is 0 Å². The second kappa shape index (κ2) is 7.69. The van der Waals surface area contributed by atoms with Crippen LogP contribution in [0.2, 0.25) is 0 Å². The molecule has 0 aromatic carbocycles. The Labute approximate surface area is 125 Å². The molecule has 2 unspecified atom stereocenters. The number of aromatic nitrogens is 2. The van der Waals surface area contributed by atoms with Gasteiger partial charge in [0.25, 0.3) is 0 Å². The molecule has 0 amide bonds. The average Bonchev–Trinajstić information content (AvgIpc) is 2.47. The van der Waals surface area contributed by atoms with Crippen LogP contribution in [0, 0.1) is 0 Å². The molecule has 6 heteroatoms. The van der Waals surface area contributed by atoms with Crippen molar-refractivity contribution in [1.82, 2.24) is 9.97 Å². The lowest BCUT2D eigenvalue weighted by atomic mass is 9.93. The van der Waals surface area contributed by atoms with Gasteiger partial charge in [-0.1, -0.05) is 31.5 Å². The lowest BCUT2D eigenvalue weighted by molar-refractivity contribution is 0.116. The number of anilines is 2. The van der Waals surface area contributed by atoms with Gasteiger partial charge in [-0.15, -0.1) is 0 Å². The Bertz CT molecular complexity index is 430. The summed E-state index contributed by atoms with van der Waals surface area (Å²) < 4.78 is 0. The van der Waals surface area contributed by atoms with Gasteiger partial charge in [0, 0.05) is 12.6 Å². The van der Waals surface area contributed by atoms with Crippen LogP contribution < -0.4 is 10.6 Å². The number of thioether (sulfide) groups is 1.